The second kappa shape index (κ2) is 18.4. The predicted octanol–water partition coefficient (Wildman–Crippen LogP) is 2.08. The number of nitrogens with two attached hydrogens (primary N) is 1. The van der Waals surface area contributed by atoms with Gasteiger partial charge in [-0.25, -0.2) is 9.59 Å². The summed E-state index contributed by atoms with van der Waals surface area (Å²) in [5.74, 6) is -1.06. The van der Waals surface area contributed by atoms with Gasteiger partial charge < -0.3 is 35.1 Å². The fraction of sp³-hybridized carbons (Fsp3) is 0.806. The van der Waals surface area contributed by atoms with Gasteiger partial charge in [0.1, 0.15) is 30.6 Å². The Morgan fingerprint density at radius 1 is 0.909 bits per heavy atom. The predicted molar refractivity (Wildman–Crippen MR) is 163 cm³/mol. The lowest BCUT2D eigenvalue weighted by atomic mass is 9.98. The molecule has 3 heterocycles. The van der Waals surface area contributed by atoms with Crippen LogP contribution in [0.15, 0.2) is 21.9 Å². The van der Waals surface area contributed by atoms with Gasteiger partial charge in [-0.15, -0.1) is 0 Å². The van der Waals surface area contributed by atoms with Gasteiger partial charge in [0.2, 0.25) is 5.91 Å². The average molecular weight is 625 g/mol. The van der Waals surface area contributed by atoms with Crippen LogP contribution < -0.4 is 17.0 Å². The van der Waals surface area contributed by atoms with E-state index in [2.05, 4.69) is 11.9 Å². The maximum absolute atomic E-state index is 13.5. The molecule has 5 N–H and O–H groups in total. The molecule has 3 rings (SSSR count). The molecule has 2 saturated heterocycles. The number of aliphatic hydroxyl groups excluding tert-OH is 2. The monoisotopic (exact) mass is 624 g/mol. The summed E-state index contributed by atoms with van der Waals surface area (Å²) in [5.41, 5.74) is 4.32. The van der Waals surface area contributed by atoms with Crippen LogP contribution in [0.5, 0.6) is 0 Å². The van der Waals surface area contributed by atoms with Crippen LogP contribution in [0.4, 0.5) is 0 Å². The van der Waals surface area contributed by atoms with Crippen molar-refractivity contribution < 1.29 is 34.0 Å². The summed E-state index contributed by atoms with van der Waals surface area (Å²) >= 11 is 0. The van der Waals surface area contributed by atoms with Crippen LogP contribution in [-0.2, 0) is 23.8 Å². The zero-order valence-electron chi connectivity index (χ0n) is 26.2. The van der Waals surface area contributed by atoms with E-state index in [1.165, 1.54) is 69.8 Å². The van der Waals surface area contributed by atoms with E-state index < -0.39 is 60.1 Å². The van der Waals surface area contributed by atoms with Gasteiger partial charge in [-0.2, -0.15) is 0 Å². The number of aromatic nitrogens is 2. The third-order valence-electron chi connectivity index (χ3n) is 8.60. The SMILES string of the molecule is CCCCCCCCCCCCCCCC(=O)N1[C@H](C(=O)OC)[C@H]([C@H]2O[C@@H](n3ccc(=O)[nH]c3=O)[C@H](O)[C@@H]2O)O[C@@H]1CCN. The molecule has 0 saturated carbocycles. The lowest BCUT2D eigenvalue weighted by Gasteiger charge is -2.29. The van der Waals surface area contributed by atoms with Crippen LogP contribution in [0.3, 0.4) is 0 Å². The first kappa shape index (κ1) is 35.9. The molecule has 2 aliphatic heterocycles. The summed E-state index contributed by atoms with van der Waals surface area (Å²) in [6, 6.07) is -0.182. The number of ether oxygens (including phenoxy) is 3. The Hall–Kier alpha value is -2.58. The van der Waals surface area contributed by atoms with Gasteiger partial charge in [-0.1, -0.05) is 84.0 Å². The highest BCUT2D eigenvalue weighted by molar-refractivity contribution is 5.86. The molecular weight excluding hydrogens is 572 g/mol. The maximum Gasteiger partial charge on any atom is 0.331 e. The quantitative estimate of drug-likeness (QED) is 0.131. The molecule has 0 radical (unpaired) electrons. The van der Waals surface area contributed by atoms with Crippen molar-refractivity contribution in [1.82, 2.24) is 14.5 Å². The van der Waals surface area contributed by atoms with Crippen molar-refractivity contribution in [2.45, 2.75) is 146 Å². The summed E-state index contributed by atoms with van der Waals surface area (Å²) in [5, 5.41) is 21.7. The third-order valence-corrected chi connectivity index (χ3v) is 8.60. The highest BCUT2D eigenvalue weighted by atomic mass is 16.6. The smallest absolute Gasteiger partial charge is 0.331 e. The third kappa shape index (κ3) is 9.46. The summed E-state index contributed by atoms with van der Waals surface area (Å²) in [6.07, 6.45) is 8.95. The molecule has 13 nitrogen and oxygen atoms in total. The minimum atomic E-state index is -1.59. The molecule has 0 bridgehead atoms. The maximum atomic E-state index is 13.5. The molecular formula is C31H52N4O9. The average Bonchev–Trinajstić information content (AvgIpc) is 3.52. The van der Waals surface area contributed by atoms with E-state index in [-0.39, 0.29) is 25.3 Å². The largest absolute Gasteiger partial charge is 0.467 e. The Labute approximate surface area is 259 Å². The number of carbonyl (C=O) groups excluding carboxylic acids is 2. The minimum absolute atomic E-state index is 0.167. The van der Waals surface area contributed by atoms with E-state index in [0.29, 0.717) is 6.42 Å². The molecule has 1 aromatic rings. The van der Waals surface area contributed by atoms with E-state index >= 15 is 0 Å². The van der Waals surface area contributed by atoms with Gasteiger partial charge >= 0.3 is 11.7 Å². The van der Waals surface area contributed by atoms with Crippen molar-refractivity contribution in [3.63, 3.8) is 0 Å². The zero-order chi connectivity index (χ0) is 32.1. The number of methoxy groups -OCH3 is 1. The van der Waals surface area contributed by atoms with Crippen LogP contribution >= 0.6 is 0 Å². The number of carbonyl (C=O) groups is 2. The second-order valence-corrected chi connectivity index (χ2v) is 11.9. The van der Waals surface area contributed by atoms with E-state index in [1.54, 1.807) is 0 Å². The molecule has 2 aliphatic rings. The van der Waals surface area contributed by atoms with Crippen molar-refractivity contribution in [3.8, 4) is 0 Å². The molecule has 13 heteroatoms. The Morgan fingerprint density at radius 3 is 2.05 bits per heavy atom. The molecule has 0 aliphatic carbocycles. The normalized spacial score (nSPS) is 26.8. The number of aliphatic hydroxyl groups is 2. The molecule has 1 aromatic heterocycles. The zero-order valence-corrected chi connectivity index (χ0v) is 26.2. The van der Waals surface area contributed by atoms with Crippen molar-refractivity contribution in [1.29, 1.82) is 0 Å². The van der Waals surface area contributed by atoms with E-state index in [0.717, 1.165) is 36.1 Å². The lowest BCUT2D eigenvalue weighted by Crippen LogP contribution is -2.53. The summed E-state index contributed by atoms with van der Waals surface area (Å²) in [7, 11) is 1.19. The van der Waals surface area contributed by atoms with Crippen LogP contribution in [0.2, 0.25) is 0 Å². The van der Waals surface area contributed by atoms with Crippen LogP contribution in [0.1, 0.15) is 109 Å². The number of H-pyrrole nitrogens is 1. The Bertz CT molecular complexity index is 1140. The van der Waals surface area contributed by atoms with Crippen LogP contribution in [0.25, 0.3) is 0 Å². The molecule has 2 fully saturated rings. The summed E-state index contributed by atoms with van der Waals surface area (Å²) < 4.78 is 17.9. The lowest BCUT2D eigenvalue weighted by molar-refractivity contribution is -0.154. The number of hydrogen-bond acceptors (Lipinski definition) is 10. The summed E-state index contributed by atoms with van der Waals surface area (Å²) in [6.45, 7) is 2.40. The van der Waals surface area contributed by atoms with Crippen LogP contribution in [-0.4, -0.2) is 86.9 Å². The number of hydrogen-bond donors (Lipinski definition) is 4. The van der Waals surface area contributed by atoms with Crippen LogP contribution in [0, 0.1) is 0 Å². The molecule has 7 atom stereocenters. The number of nitrogens with one attached hydrogen (secondary N) is 1. The van der Waals surface area contributed by atoms with Gasteiger partial charge in [-0.05, 0) is 13.0 Å². The number of amides is 1. The van der Waals surface area contributed by atoms with Gasteiger partial charge in [0.05, 0.1) is 7.11 Å². The van der Waals surface area contributed by atoms with Crippen molar-refractivity contribution >= 4 is 11.9 Å². The first-order valence-electron chi connectivity index (χ1n) is 16.3. The number of rotatable bonds is 19. The molecule has 0 aromatic carbocycles. The van der Waals surface area contributed by atoms with Gasteiger partial charge in [0.15, 0.2) is 12.3 Å². The number of unbranched alkanes of at least 4 members (excludes halogenated alkanes) is 12. The second-order valence-electron chi connectivity index (χ2n) is 11.9. The Kier molecular flexibility index (Phi) is 15.0. The molecule has 250 valence electrons. The highest BCUT2D eigenvalue weighted by Gasteiger charge is 2.58. The first-order valence-corrected chi connectivity index (χ1v) is 16.3. The van der Waals surface area contributed by atoms with Crippen molar-refractivity contribution in [2.24, 2.45) is 5.73 Å². The molecule has 1 amide bonds. The van der Waals surface area contributed by atoms with Gasteiger partial charge in [0.25, 0.3) is 5.56 Å². The van der Waals surface area contributed by atoms with Gasteiger partial charge in [0, 0.05) is 25.1 Å². The summed E-state index contributed by atoms with van der Waals surface area (Å²) in [4.78, 5) is 53.8. The molecule has 0 spiro atoms. The van der Waals surface area contributed by atoms with E-state index in [4.69, 9.17) is 19.9 Å². The Balaban J connectivity index is 1.57. The fourth-order valence-electron chi connectivity index (χ4n) is 6.19. The molecule has 44 heavy (non-hydrogen) atoms. The topological polar surface area (TPSA) is 186 Å². The van der Waals surface area contributed by atoms with Crippen molar-refractivity contribution in [3.05, 3.63) is 33.1 Å². The minimum Gasteiger partial charge on any atom is -0.467 e. The molecule has 0 unspecified atom stereocenters. The number of aromatic amines is 1. The van der Waals surface area contributed by atoms with Gasteiger partial charge in [-0.3, -0.25) is 19.1 Å². The van der Waals surface area contributed by atoms with E-state index in [9.17, 15) is 29.4 Å². The Morgan fingerprint density at radius 2 is 1.50 bits per heavy atom. The highest BCUT2D eigenvalue weighted by Crippen LogP contribution is 2.38. The van der Waals surface area contributed by atoms with E-state index in [1.807, 2.05) is 0 Å². The standard InChI is InChI=1S/C31H52N4O9/c1-3-4-5-6-7-8-9-10-11-12-13-14-15-16-22(37)35-23(17-19-32)43-27(24(35)30(40)42-2)28-25(38)26(39)29(44-28)34-20-18-21(36)33-31(34)41/h18,20,23-29,38-39H,3-17,19,32H2,1-2H3,(H,33,36,41)/t23-,24+,25+,26-,27-,28+,29-/m1/s1. The number of nitrogens with zero attached hydrogens (tertiary/aromatic N) is 2. The fourth-order valence-corrected chi connectivity index (χ4v) is 6.19. The van der Waals surface area contributed by atoms with Crippen molar-refractivity contribution in [2.75, 3.05) is 13.7 Å². The first-order chi connectivity index (χ1) is 21.2. The number of esters is 1.